The van der Waals surface area contributed by atoms with Gasteiger partial charge in [0.15, 0.2) is 5.06 Å². The number of amides is 1. The molecule has 2 aromatic heterocycles. The zero-order valence-corrected chi connectivity index (χ0v) is 20.4. The fourth-order valence-electron chi connectivity index (χ4n) is 3.30. The lowest BCUT2D eigenvalue weighted by Crippen LogP contribution is -2.37. The molecule has 0 saturated heterocycles. The molecule has 0 aliphatic rings. The third-order valence-corrected chi connectivity index (χ3v) is 6.66. The zero-order chi connectivity index (χ0) is 25.0. The van der Waals surface area contributed by atoms with Gasteiger partial charge in [-0.2, -0.15) is 0 Å². The second-order valence-corrected chi connectivity index (χ2v) is 9.92. The molecular weight excluding hydrogens is 488 g/mol. The molecule has 12 heteroatoms. The van der Waals surface area contributed by atoms with Crippen LogP contribution in [0.1, 0.15) is 30.1 Å². The van der Waals surface area contributed by atoms with Gasteiger partial charge in [-0.1, -0.05) is 13.8 Å². The fraction of sp³-hybridized carbons (Fsp3) is 0.364. The summed E-state index contributed by atoms with van der Waals surface area (Å²) in [4.78, 5) is 17.3. The number of carbonyl (C=O) groups is 1. The van der Waals surface area contributed by atoms with E-state index in [-0.39, 0.29) is 34.2 Å². The summed E-state index contributed by atoms with van der Waals surface area (Å²) in [5, 5.41) is 9.03. The van der Waals surface area contributed by atoms with Gasteiger partial charge in [0.25, 0.3) is 0 Å². The first kappa shape index (κ1) is 25.9. The number of carbonyl (C=O) groups excluding carboxylic acids is 1. The molecule has 3 rings (SSSR count). The van der Waals surface area contributed by atoms with Crippen LogP contribution >= 0.6 is 11.3 Å². The molecule has 0 aliphatic heterocycles. The van der Waals surface area contributed by atoms with Gasteiger partial charge in [-0.3, -0.25) is 4.21 Å². The highest BCUT2D eigenvalue weighted by Gasteiger charge is 2.23. The highest BCUT2D eigenvalue weighted by Crippen LogP contribution is 2.40. The summed E-state index contributed by atoms with van der Waals surface area (Å²) in [6.45, 7) is 4.58. The van der Waals surface area contributed by atoms with Crippen LogP contribution < -0.4 is 4.74 Å². The number of halogens is 2. The van der Waals surface area contributed by atoms with Crippen LogP contribution in [0, 0.1) is 24.5 Å². The van der Waals surface area contributed by atoms with Crippen LogP contribution in [-0.2, 0) is 24.2 Å². The number of aliphatic hydroxyl groups excluding tert-OH is 1. The Bertz CT molecular complexity index is 1170. The normalized spacial score (nSPS) is 12.2. The minimum Gasteiger partial charge on any atom is -0.755 e. The van der Waals surface area contributed by atoms with E-state index in [2.05, 4.69) is 4.98 Å². The molecule has 184 valence electrons. The van der Waals surface area contributed by atoms with E-state index in [1.54, 1.807) is 23.8 Å². The lowest BCUT2D eigenvalue weighted by Gasteiger charge is -2.22. The van der Waals surface area contributed by atoms with Crippen molar-refractivity contribution in [2.45, 2.75) is 33.7 Å². The predicted molar refractivity (Wildman–Crippen MR) is 123 cm³/mol. The van der Waals surface area contributed by atoms with Crippen molar-refractivity contribution < 1.29 is 32.2 Å². The lowest BCUT2D eigenvalue weighted by atomic mass is 10.0. The monoisotopic (exact) mass is 512 g/mol. The second-order valence-electron chi connectivity index (χ2n) is 7.94. The number of ether oxygens (including phenoxy) is 1. The SMILES string of the molecule is Cc1nccn1Cc1c(F)cc(-c2cc(CC(C)C)sc2OC(=O)N(CCO)S(=O)[O-])cc1F. The smallest absolute Gasteiger partial charge is 0.427 e. The number of thiophene rings is 1. The molecule has 1 unspecified atom stereocenters. The van der Waals surface area contributed by atoms with Gasteiger partial charge in [-0.25, -0.2) is 22.9 Å². The van der Waals surface area contributed by atoms with Gasteiger partial charge >= 0.3 is 6.09 Å². The predicted octanol–water partition coefficient (Wildman–Crippen LogP) is 4.03. The first-order chi connectivity index (χ1) is 16.1. The molecule has 1 N–H and O–H groups in total. The Balaban J connectivity index is 1.99. The molecule has 0 spiro atoms. The first-order valence-electron chi connectivity index (χ1n) is 10.4. The van der Waals surface area contributed by atoms with Crippen LogP contribution in [0.4, 0.5) is 13.6 Å². The average Bonchev–Trinajstić information content (AvgIpc) is 3.33. The summed E-state index contributed by atoms with van der Waals surface area (Å²) < 4.78 is 59.8. The van der Waals surface area contributed by atoms with Gasteiger partial charge in [0.2, 0.25) is 0 Å². The molecule has 0 radical (unpaired) electrons. The summed E-state index contributed by atoms with van der Waals surface area (Å²) in [5.41, 5.74) is 0.266. The molecule has 0 fully saturated rings. The number of hydrogen-bond donors (Lipinski definition) is 1. The Morgan fingerprint density at radius 3 is 2.53 bits per heavy atom. The Morgan fingerprint density at radius 2 is 2.00 bits per heavy atom. The van der Waals surface area contributed by atoms with E-state index in [9.17, 15) is 22.3 Å². The maximum absolute atomic E-state index is 15.0. The summed E-state index contributed by atoms with van der Waals surface area (Å²) in [7, 11) is 0. The Morgan fingerprint density at radius 1 is 1.32 bits per heavy atom. The molecular formula is C22H24F2N3O5S2-. The fourth-order valence-corrected chi connectivity index (χ4v) is 4.92. The summed E-state index contributed by atoms with van der Waals surface area (Å²) in [6, 6.07) is 3.98. The van der Waals surface area contributed by atoms with Crippen LogP contribution in [0.25, 0.3) is 11.1 Å². The van der Waals surface area contributed by atoms with Gasteiger partial charge < -0.3 is 19.0 Å². The van der Waals surface area contributed by atoms with E-state index < -0.39 is 42.1 Å². The maximum Gasteiger partial charge on any atom is 0.427 e. The number of hydrogen-bond acceptors (Lipinski definition) is 7. The molecule has 1 aromatic carbocycles. The van der Waals surface area contributed by atoms with Crippen LogP contribution in [0.2, 0.25) is 0 Å². The maximum atomic E-state index is 15.0. The first-order valence-corrected chi connectivity index (χ1v) is 12.2. The van der Waals surface area contributed by atoms with E-state index in [0.717, 1.165) is 28.3 Å². The number of aryl methyl sites for hydroxylation is 1. The van der Waals surface area contributed by atoms with Gasteiger partial charge in [0, 0.05) is 28.4 Å². The van der Waals surface area contributed by atoms with Gasteiger partial charge in [0.05, 0.1) is 31.0 Å². The third kappa shape index (κ3) is 6.06. The summed E-state index contributed by atoms with van der Waals surface area (Å²) in [6.07, 6.45) is 2.55. The summed E-state index contributed by atoms with van der Waals surface area (Å²) in [5.74, 6) is -0.695. The van der Waals surface area contributed by atoms with Crippen molar-refractivity contribution in [1.29, 1.82) is 0 Å². The molecule has 1 amide bonds. The standard InChI is InChI=1S/C22H25F2N3O5S2/c1-13(2)8-16-11-17(21(33-16)32-22(29)27(6-7-28)34(30)31)15-9-19(23)18(20(24)10-15)12-26-5-4-25-14(26)3/h4-5,9-11,13,28H,6-8,12H2,1-3H3,(H,30,31)/p-1. The van der Waals surface area contributed by atoms with Crippen LogP contribution in [0.5, 0.6) is 5.06 Å². The molecule has 1 atom stereocenters. The summed E-state index contributed by atoms with van der Waals surface area (Å²) >= 11 is -1.87. The number of aromatic nitrogens is 2. The van der Waals surface area contributed by atoms with Crippen molar-refractivity contribution in [2.24, 2.45) is 5.92 Å². The van der Waals surface area contributed by atoms with Crippen molar-refractivity contribution in [3.8, 4) is 16.2 Å². The van der Waals surface area contributed by atoms with Crippen molar-refractivity contribution in [2.75, 3.05) is 13.2 Å². The average molecular weight is 513 g/mol. The minimum absolute atomic E-state index is 0.00560. The highest BCUT2D eigenvalue weighted by atomic mass is 32.2. The van der Waals surface area contributed by atoms with Crippen molar-refractivity contribution in [1.82, 2.24) is 13.9 Å². The van der Waals surface area contributed by atoms with Crippen molar-refractivity contribution in [3.05, 3.63) is 58.5 Å². The Labute approximate surface area is 202 Å². The molecule has 2 heterocycles. The van der Waals surface area contributed by atoms with Crippen LogP contribution in [-0.4, -0.2) is 47.0 Å². The Hall–Kier alpha value is -2.67. The number of rotatable bonds is 9. The van der Waals surface area contributed by atoms with E-state index >= 15 is 0 Å². The molecule has 0 bridgehead atoms. The number of benzene rings is 1. The quantitative estimate of drug-likeness (QED) is 0.434. The molecule has 8 nitrogen and oxygen atoms in total. The van der Waals surface area contributed by atoms with Crippen molar-refractivity contribution >= 4 is 28.7 Å². The number of aliphatic hydroxyl groups is 1. The molecule has 0 aliphatic carbocycles. The third-order valence-electron chi connectivity index (χ3n) is 4.93. The zero-order valence-electron chi connectivity index (χ0n) is 18.8. The minimum atomic E-state index is -2.96. The molecule has 0 saturated carbocycles. The molecule has 34 heavy (non-hydrogen) atoms. The van der Waals surface area contributed by atoms with Gasteiger partial charge in [-0.15, -0.1) is 11.3 Å². The van der Waals surface area contributed by atoms with E-state index in [1.165, 1.54) is 6.20 Å². The van der Waals surface area contributed by atoms with Crippen LogP contribution in [0.15, 0.2) is 30.6 Å². The highest BCUT2D eigenvalue weighted by molar-refractivity contribution is 7.77. The van der Waals surface area contributed by atoms with Gasteiger partial charge in [0.1, 0.15) is 17.5 Å². The van der Waals surface area contributed by atoms with E-state index in [1.807, 2.05) is 13.8 Å². The largest absolute Gasteiger partial charge is 0.755 e. The number of nitrogens with zero attached hydrogens (tertiary/aromatic N) is 3. The Kier molecular flexibility index (Phi) is 8.52. The van der Waals surface area contributed by atoms with Gasteiger partial charge in [-0.05, 0) is 43.0 Å². The lowest BCUT2D eigenvalue weighted by molar-refractivity contribution is 0.169. The number of imidazole rings is 1. The molecule has 3 aromatic rings. The van der Waals surface area contributed by atoms with Crippen molar-refractivity contribution in [3.63, 3.8) is 0 Å². The van der Waals surface area contributed by atoms with E-state index in [0.29, 0.717) is 16.6 Å². The topological polar surface area (TPSA) is 108 Å². The van der Waals surface area contributed by atoms with E-state index in [4.69, 9.17) is 9.84 Å². The second kappa shape index (κ2) is 11.2. The van der Waals surface area contributed by atoms with Crippen LogP contribution in [0.3, 0.4) is 0 Å².